The fraction of sp³-hybridized carbons (Fsp3) is 0.182. The standard InChI is InChI=1S/C11H11F2NO2/c12-11(13)16-9-6-2-1-4-8(9)5-3-7-10(14)15/h1-6,11H,7H2,(H2,14,15). The molecule has 0 saturated carbocycles. The lowest BCUT2D eigenvalue weighted by Gasteiger charge is -2.06. The summed E-state index contributed by atoms with van der Waals surface area (Å²) < 4.78 is 28.4. The van der Waals surface area contributed by atoms with E-state index in [-0.39, 0.29) is 12.2 Å². The number of hydrogen-bond acceptors (Lipinski definition) is 2. The number of alkyl halides is 2. The molecule has 1 amide bonds. The summed E-state index contributed by atoms with van der Waals surface area (Å²) in [7, 11) is 0. The van der Waals surface area contributed by atoms with Crippen molar-refractivity contribution in [2.45, 2.75) is 13.0 Å². The van der Waals surface area contributed by atoms with Crippen molar-refractivity contribution in [1.29, 1.82) is 0 Å². The third-order valence-corrected chi connectivity index (χ3v) is 1.75. The van der Waals surface area contributed by atoms with Crippen molar-refractivity contribution in [2.24, 2.45) is 5.73 Å². The lowest BCUT2D eigenvalue weighted by atomic mass is 10.2. The molecular weight excluding hydrogens is 216 g/mol. The number of halogens is 2. The van der Waals surface area contributed by atoms with Crippen LogP contribution in [0.25, 0.3) is 6.08 Å². The first-order valence-electron chi connectivity index (χ1n) is 4.58. The van der Waals surface area contributed by atoms with Crippen LogP contribution in [0.2, 0.25) is 0 Å². The van der Waals surface area contributed by atoms with Crippen molar-refractivity contribution in [3.8, 4) is 5.75 Å². The van der Waals surface area contributed by atoms with Gasteiger partial charge in [-0.2, -0.15) is 8.78 Å². The van der Waals surface area contributed by atoms with Crippen LogP contribution in [0.4, 0.5) is 8.78 Å². The first-order valence-corrected chi connectivity index (χ1v) is 4.58. The Balaban J connectivity index is 2.78. The molecular formula is C11H11F2NO2. The van der Waals surface area contributed by atoms with Gasteiger partial charge in [0.1, 0.15) is 5.75 Å². The summed E-state index contributed by atoms with van der Waals surface area (Å²) in [6.45, 7) is -2.87. The van der Waals surface area contributed by atoms with Gasteiger partial charge in [-0.25, -0.2) is 0 Å². The Morgan fingerprint density at radius 1 is 1.44 bits per heavy atom. The van der Waals surface area contributed by atoms with Crippen LogP contribution >= 0.6 is 0 Å². The maximum atomic E-state index is 12.0. The summed E-state index contributed by atoms with van der Waals surface area (Å²) in [5, 5.41) is 0. The Hall–Kier alpha value is -1.91. The Labute approximate surface area is 91.5 Å². The van der Waals surface area contributed by atoms with Crippen LogP contribution in [0.5, 0.6) is 5.75 Å². The van der Waals surface area contributed by atoms with Crippen LogP contribution in [0.1, 0.15) is 12.0 Å². The molecule has 3 nitrogen and oxygen atoms in total. The second-order valence-electron chi connectivity index (χ2n) is 2.99. The summed E-state index contributed by atoms with van der Waals surface area (Å²) in [4.78, 5) is 10.5. The van der Waals surface area contributed by atoms with E-state index in [4.69, 9.17) is 5.73 Å². The first-order chi connectivity index (χ1) is 7.59. The largest absolute Gasteiger partial charge is 0.434 e. The molecule has 5 heteroatoms. The normalized spacial score (nSPS) is 10.9. The minimum atomic E-state index is -2.87. The van der Waals surface area contributed by atoms with Crippen LogP contribution in [0.3, 0.4) is 0 Å². The third kappa shape index (κ3) is 4.08. The molecule has 0 aliphatic rings. The van der Waals surface area contributed by atoms with Crippen LogP contribution in [-0.4, -0.2) is 12.5 Å². The maximum Gasteiger partial charge on any atom is 0.387 e. The molecule has 0 radical (unpaired) electrons. The van der Waals surface area contributed by atoms with Gasteiger partial charge in [0, 0.05) is 12.0 Å². The van der Waals surface area contributed by atoms with Crippen molar-refractivity contribution in [3.63, 3.8) is 0 Å². The number of carbonyl (C=O) groups excluding carboxylic acids is 1. The summed E-state index contributed by atoms with van der Waals surface area (Å²) in [6.07, 6.45) is 3.07. The molecule has 16 heavy (non-hydrogen) atoms. The Bertz CT molecular complexity index is 391. The minimum Gasteiger partial charge on any atom is -0.434 e. The summed E-state index contributed by atoms with van der Waals surface area (Å²) in [5.74, 6) is -0.415. The van der Waals surface area contributed by atoms with Gasteiger partial charge in [-0.3, -0.25) is 4.79 Å². The molecule has 0 aromatic heterocycles. The molecule has 0 unspecified atom stereocenters. The van der Waals surface area contributed by atoms with E-state index in [0.29, 0.717) is 5.56 Å². The number of hydrogen-bond donors (Lipinski definition) is 1. The summed E-state index contributed by atoms with van der Waals surface area (Å²) in [5.41, 5.74) is 5.41. The molecule has 1 rings (SSSR count). The number of nitrogens with two attached hydrogens (primary N) is 1. The van der Waals surface area contributed by atoms with Gasteiger partial charge in [0.25, 0.3) is 0 Å². The highest BCUT2D eigenvalue weighted by Crippen LogP contribution is 2.21. The zero-order chi connectivity index (χ0) is 12.0. The average Bonchev–Trinajstić information content (AvgIpc) is 2.19. The molecule has 0 atom stereocenters. The maximum absolute atomic E-state index is 12.0. The lowest BCUT2D eigenvalue weighted by Crippen LogP contribution is -2.08. The topological polar surface area (TPSA) is 52.3 Å². The van der Waals surface area contributed by atoms with E-state index in [0.717, 1.165) is 0 Å². The summed E-state index contributed by atoms with van der Waals surface area (Å²) >= 11 is 0. The minimum absolute atomic E-state index is 0.0585. The van der Waals surface area contributed by atoms with E-state index >= 15 is 0 Å². The molecule has 0 heterocycles. The molecule has 0 spiro atoms. The van der Waals surface area contributed by atoms with Gasteiger partial charge in [-0.05, 0) is 6.07 Å². The predicted molar refractivity (Wildman–Crippen MR) is 55.9 cm³/mol. The van der Waals surface area contributed by atoms with E-state index in [1.807, 2.05) is 0 Å². The zero-order valence-corrected chi connectivity index (χ0v) is 8.40. The van der Waals surface area contributed by atoms with E-state index < -0.39 is 12.5 Å². The molecule has 0 aliphatic heterocycles. The molecule has 2 N–H and O–H groups in total. The SMILES string of the molecule is NC(=O)CC=Cc1ccccc1OC(F)F. The van der Waals surface area contributed by atoms with Crippen LogP contribution in [0.15, 0.2) is 30.3 Å². The van der Waals surface area contributed by atoms with Crippen molar-refractivity contribution in [3.05, 3.63) is 35.9 Å². The van der Waals surface area contributed by atoms with Gasteiger partial charge < -0.3 is 10.5 Å². The van der Waals surface area contributed by atoms with Gasteiger partial charge >= 0.3 is 6.61 Å². The van der Waals surface area contributed by atoms with Gasteiger partial charge in [-0.1, -0.05) is 30.4 Å². The Morgan fingerprint density at radius 2 is 2.12 bits per heavy atom. The quantitative estimate of drug-likeness (QED) is 0.838. The number of carbonyl (C=O) groups is 1. The second kappa shape index (κ2) is 5.85. The Morgan fingerprint density at radius 3 is 2.75 bits per heavy atom. The molecule has 0 bridgehead atoms. The fourth-order valence-electron chi connectivity index (χ4n) is 1.12. The van der Waals surface area contributed by atoms with Crippen molar-refractivity contribution >= 4 is 12.0 Å². The number of primary amides is 1. The first kappa shape index (κ1) is 12.2. The van der Waals surface area contributed by atoms with Crippen molar-refractivity contribution < 1.29 is 18.3 Å². The number of ether oxygens (including phenoxy) is 1. The third-order valence-electron chi connectivity index (χ3n) is 1.75. The highest BCUT2D eigenvalue weighted by atomic mass is 19.3. The van der Waals surface area contributed by atoms with Gasteiger partial charge in [0.2, 0.25) is 5.91 Å². The van der Waals surface area contributed by atoms with Crippen molar-refractivity contribution in [1.82, 2.24) is 0 Å². The summed E-state index contributed by atoms with van der Waals surface area (Å²) in [6, 6.07) is 6.30. The number of para-hydroxylation sites is 1. The number of benzene rings is 1. The average molecular weight is 227 g/mol. The van der Waals surface area contributed by atoms with Crippen LogP contribution in [-0.2, 0) is 4.79 Å². The van der Waals surface area contributed by atoms with E-state index in [1.165, 1.54) is 18.2 Å². The molecule has 1 aromatic rings. The predicted octanol–water partition coefficient (Wildman–Crippen LogP) is 2.18. The van der Waals surface area contributed by atoms with Gasteiger partial charge in [0.05, 0.1) is 0 Å². The Kier molecular flexibility index (Phi) is 4.44. The number of amides is 1. The van der Waals surface area contributed by atoms with Gasteiger partial charge in [-0.15, -0.1) is 0 Å². The van der Waals surface area contributed by atoms with E-state index in [2.05, 4.69) is 4.74 Å². The fourth-order valence-corrected chi connectivity index (χ4v) is 1.12. The molecule has 0 fully saturated rings. The molecule has 86 valence electrons. The second-order valence-corrected chi connectivity index (χ2v) is 2.99. The molecule has 1 aromatic carbocycles. The number of rotatable bonds is 5. The molecule has 0 aliphatic carbocycles. The van der Waals surface area contributed by atoms with Crippen LogP contribution in [0, 0.1) is 0 Å². The molecule has 0 saturated heterocycles. The van der Waals surface area contributed by atoms with E-state index in [9.17, 15) is 13.6 Å². The van der Waals surface area contributed by atoms with Crippen molar-refractivity contribution in [2.75, 3.05) is 0 Å². The highest BCUT2D eigenvalue weighted by Gasteiger charge is 2.06. The lowest BCUT2D eigenvalue weighted by molar-refractivity contribution is -0.117. The van der Waals surface area contributed by atoms with E-state index in [1.54, 1.807) is 18.2 Å². The highest BCUT2D eigenvalue weighted by molar-refractivity contribution is 5.76. The monoisotopic (exact) mass is 227 g/mol. The smallest absolute Gasteiger partial charge is 0.387 e. The van der Waals surface area contributed by atoms with Gasteiger partial charge in [0.15, 0.2) is 0 Å². The zero-order valence-electron chi connectivity index (χ0n) is 8.40. The van der Waals surface area contributed by atoms with Crippen LogP contribution < -0.4 is 10.5 Å².